The van der Waals surface area contributed by atoms with Crippen molar-refractivity contribution in [1.29, 1.82) is 0 Å². The van der Waals surface area contributed by atoms with Crippen LogP contribution in [0.4, 0.5) is 0 Å². The maximum Gasteiger partial charge on any atom is 0.142 e. The van der Waals surface area contributed by atoms with Crippen molar-refractivity contribution in [3.8, 4) is 5.75 Å². The van der Waals surface area contributed by atoms with Gasteiger partial charge >= 0.3 is 0 Å². The molecule has 2 unspecified atom stereocenters. The largest absolute Gasteiger partial charge is 0.491 e. The third-order valence-corrected chi connectivity index (χ3v) is 3.46. The molecule has 0 aromatic carbocycles. The molecule has 1 aliphatic rings. The van der Waals surface area contributed by atoms with Gasteiger partial charge in [0.25, 0.3) is 0 Å². The van der Waals surface area contributed by atoms with Gasteiger partial charge in [-0.3, -0.25) is 4.98 Å². The summed E-state index contributed by atoms with van der Waals surface area (Å²) < 4.78 is 5.86. The summed E-state index contributed by atoms with van der Waals surface area (Å²) >= 11 is 0. The van der Waals surface area contributed by atoms with Crippen molar-refractivity contribution in [2.45, 2.75) is 26.3 Å². The van der Waals surface area contributed by atoms with Crippen LogP contribution in [0.25, 0.3) is 0 Å². The Morgan fingerprint density at radius 3 is 3.00 bits per heavy atom. The van der Waals surface area contributed by atoms with Crippen LogP contribution >= 0.6 is 0 Å². The molecule has 17 heavy (non-hydrogen) atoms. The molecule has 1 aromatic rings. The predicted octanol–water partition coefficient (Wildman–Crippen LogP) is 2.52. The predicted molar refractivity (Wildman–Crippen MR) is 68.7 cm³/mol. The van der Waals surface area contributed by atoms with E-state index in [1.165, 1.54) is 0 Å². The fourth-order valence-electron chi connectivity index (χ4n) is 2.14. The molecule has 0 fully saturated rings. The maximum absolute atomic E-state index is 5.86. The number of aromatic nitrogens is 1. The normalized spacial score (nSPS) is 23.6. The van der Waals surface area contributed by atoms with Crippen molar-refractivity contribution in [3.63, 3.8) is 0 Å². The summed E-state index contributed by atoms with van der Waals surface area (Å²) in [6, 6.07) is 1.92. The number of nitrogens with zero attached hydrogens (tertiary/aromatic N) is 1. The van der Waals surface area contributed by atoms with Crippen molar-refractivity contribution in [1.82, 2.24) is 4.98 Å². The Morgan fingerprint density at radius 2 is 2.24 bits per heavy atom. The zero-order valence-corrected chi connectivity index (χ0v) is 10.3. The van der Waals surface area contributed by atoms with Crippen LogP contribution in [0, 0.1) is 11.8 Å². The minimum absolute atomic E-state index is 0.498. The molecule has 0 spiro atoms. The summed E-state index contributed by atoms with van der Waals surface area (Å²) in [4.78, 5) is 4.08. The lowest BCUT2D eigenvalue weighted by Gasteiger charge is -2.25. The fourth-order valence-corrected chi connectivity index (χ4v) is 2.14. The van der Waals surface area contributed by atoms with Crippen molar-refractivity contribution in [2.24, 2.45) is 17.6 Å². The van der Waals surface area contributed by atoms with Crippen molar-refractivity contribution >= 4 is 0 Å². The monoisotopic (exact) mass is 232 g/mol. The quantitative estimate of drug-likeness (QED) is 0.811. The van der Waals surface area contributed by atoms with Gasteiger partial charge in [0.05, 0.1) is 12.8 Å². The summed E-state index contributed by atoms with van der Waals surface area (Å²) in [7, 11) is 0. The molecule has 0 radical (unpaired) electrons. The molecule has 3 heteroatoms. The second-order valence-corrected chi connectivity index (χ2v) is 4.68. The van der Waals surface area contributed by atoms with E-state index in [0.717, 1.165) is 30.8 Å². The van der Waals surface area contributed by atoms with Crippen LogP contribution in [0.3, 0.4) is 0 Å². The van der Waals surface area contributed by atoms with Gasteiger partial charge in [-0.1, -0.05) is 19.1 Å². The molecule has 2 atom stereocenters. The van der Waals surface area contributed by atoms with E-state index in [9.17, 15) is 0 Å². The first-order chi connectivity index (χ1) is 8.31. The van der Waals surface area contributed by atoms with Crippen LogP contribution in [0.2, 0.25) is 0 Å². The molecule has 1 aromatic heterocycles. The summed E-state index contributed by atoms with van der Waals surface area (Å²) in [5.74, 6) is 2.13. The van der Waals surface area contributed by atoms with E-state index in [-0.39, 0.29) is 0 Å². The highest BCUT2D eigenvalue weighted by Crippen LogP contribution is 2.26. The summed E-state index contributed by atoms with van der Waals surface area (Å²) in [5, 5.41) is 0. The molecule has 0 amide bonds. The summed E-state index contributed by atoms with van der Waals surface area (Å²) in [5.41, 5.74) is 6.69. The van der Waals surface area contributed by atoms with Crippen LogP contribution in [0.1, 0.15) is 25.3 Å². The average Bonchev–Trinajstić information content (AvgIpc) is 2.38. The standard InChI is InChI=1S/C14H20N2O/c1-11-4-2-3-5-13(11)10-17-14-9-16-7-6-12(14)8-15/h2-3,6-7,9,11,13H,4-5,8,10,15H2,1H3. The zero-order valence-electron chi connectivity index (χ0n) is 10.3. The van der Waals surface area contributed by atoms with E-state index in [1.54, 1.807) is 12.4 Å². The zero-order chi connectivity index (χ0) is 12.1. The van der Waals surface area contributed by atoms with E-state index in [2.05, 4.69) is 24.1 Å². The molecule has 3 nitrogen and oxygen atoms in total. The maximum atomic E-state index is 5.86. The molecule has 0 aliphatic heterocycles. The van der Waals surface area contributed by atoms with E-state index >= 15 is 0 Å². The number of hydrogen-bond donors (Lipinski definition) is 1. The Labute approximate surface area is 103 Å². The Hall–Kier alpha value is -1.35. The van der Waals surface area contributed by atoms with Gasteiger partial charge in [-0.15, -0.1) is 0 Å². The topological polar surface area (TPSA) is 48.1 Å². The van der Waals surface area contributed by atoms with Gasteiger partial charge in [0.1, 0.15) is 5.75 Å². The van der Waals surface area contributed by atoms with Gasteiger partial charge in [-0.05, 0) is 30.7 Å². The first kappa shape index (κ1) is 12.1. The van der Waals surface area contributed by atoms with Crippen molar-refractivity contribution in [2.75, 3.05) is 6.61 Å². The number of nitrogens with two attached hydrogens (primary N) is 1. The molecule has 1 aliphatic carbocycles. The van der Waals surface area contributed by atoms with Gasteiger partial charge in [0.2, 0.25) is 0 Å². The van der Waals surface area contributed by atoms with E-state index in [0.29, 0.717) is 18.4 Å². The van der Waals surface area contributed by atoms with Gasteiger partial charge in [-0.2, -0.15) is 0 Å². The first-order valence-electron chi connectivity index (χ1n) is 6.22. The second kappa shape index (κ2) is 5.82. The molecular formula is C14H20N2O. The second-order valence-electron chi connectivity index (χ2n) is 4.68. The molecule has 2 N–H and O–H groups in total. The van der Waals surface area contributed by atoms with Crippen LogP contribution in [0.15, 0.2) is 30.6 Å². The number of allylic oxidation sites excluding steroid dienone is 2. The van der Waals surface area contributed by atoms with Crippen LogP contribution < -0.4 is 10.5 Å². The summed E-state index contributed by atoms with van der Waals surface area (Å²) in [6.45, 7) is 3.53. The van der Waals surface area contributed by atoms with Gasteiger partial charge < -0.3 is 10.5 Å². The van der Waals surface area contributed by atoms with Gasteiger partial charge in [0.15, 0.2) is 0 Å². The molecule has 0 saturated carbocycles. The Morgan fingerprint density at radius 1 is 1.41 bits per heavy atom. The van der Waals surface area contributed by atoms with Gasteiger partial charge in [-0.25, -0.2) is 0 Å². The molecule has 1 heterocycles. The van der Waals surface area contributed by atoms with E-state index < -0.39 is 0 Å². The van der Waals surface area contributed by atoms with E-state index in [4.69, 9.17) is 10.5 Å². The molecule has 92 valence electrons. The fraction of sp³-hybridized carbons (Fsp3) is 0.500. The lowest BCUT2D eigenvalue weighted by molar-refractivity contribution is 0.196. The Balaban J connectivity index is 1.95. The third kappa shape index (κ3) is 3.07. The van der Waals surface area contributed by atoms with Crippen molar-refractivity contribution < 1.29 is 4.74 Å². The summed E-state index contributed by atoms with van der Waals surface area (Å²) in [6.07, 6.45) is 10.3. The highest BCUT2D eigenvalue weighted by atomic mass is 16.5. The lowest BCUT2D eigenvalue weighted by atomic mass is 9.85. The minimum atomic E-state index is 0.498. The lowest BCUT2D eigenvalue weighted by Crippen LogP contribution is -2.21. The number of ether oxygens (including phenoxy) is 1. The smallest absolute Gasteiger partial charge is 0.142 e. The highest BCUT2D eigenvalue weighted by molar-refractivity contribution is 5.29. The molecule has 2 rings (SSSR count). The van der Waals surface area contributed by atoms with Gasteiger partial charge in [0, 0.05) is 18.3 Å². The molecule has 0 bridgehead atoms. The Bertz CT molecular complexity index is 390. The van der Waals surface area contributed by atoms with E-state index in [1.807, 2.05) is 6.07 Å². The first-order valence-corrected chi connectivity index (χ1v) is 6.22. The third-order valence-electron chi connectivity index (χ3n) is 3.46. The Kier molecular flexibility index (Phi) is 4.15. The molecule has 0 saturated heterocycles. The van der Waals surface area contributed by atoms with Crippen LogP contribution in [-0.4, -0.2) is 11.6 Å². The van der Waals surface area contributed by atoms with Crippen molar-refractivity contribution in [3.05, 3.63) is 36.2 Å². The number of rotatable bonds is 4. The number of hydrogen-bond acceptors (Lipinski definition) is 3. The van der Waals surface area contributed by atoms with Crippen LogP contribution in [-0.2, 0) is 6.54 Å². The SMILES string of the molecule is CC1CC=CCC1COc1cnccc1CN. The minimum Gasteiger partial charge on any atom is -0.491 e. The number of pyridine rings is 1. The van der Waals surface area contributed by atoms with Crippen LogP contribution in [0.5, 0.6) is 5.75 Å². The highest BCUT2D eigenvalue weighted by Gasteiger charge is 2.19. The molecular weight excluding hydrogens is 212 g/mol. The average molecular weight is 232 g/mol.